The molecule has 0 aliphatic heterocycles. The van der Waals surface area contributed by atoms with Gasteiger partial charge >= 0.3 is 5.97 Å². The smallest absolute Gasteiger partial charge is 0.325 e. The van der Waals surface area contributed by atoms with E-state index in [1.807, 2.05) is 13.8 Å². The number of ether oxygens (including phenoxy) is 1. The van der Waals surface area contributed by atoms with Crippen molar-refractivity contribution in [1.29, 1.82) is 0 Å². The number of likely N-dealkylation sites (N-methyl/N-ethyl adjacent to an activating group) is 1. The van der Waals surface area contributed by atoms with Crippen LogP contribution >= 0.6 is 0 Å². The molecule has 0 unspecified atom stereocenters. The van der Waals surface area contributed by atoms with Crippen LogP contribution < -0.4 is 4.90 Å². The van der Waals surface area contributed by atoms with Crippen molar-refractivity contribution in [2.75, 3.05) is 25.1 Å². The third kappa shape index (κ3) is 3.18. The van der Waals surface area contributed by atoms with Crippen molar-refractivity contribution in [1.82, 2.24) is 9.97 Å². The summed E-state index contributed by atoms with van der Waals surface area (Å²) in [6, 6.07) is 0. The molecule has 1 aromatic heterocycles. The molecule has 1 rings (SSSR count). The molecular weight excluding hydrogens is 206 g/mol. The third-order valence-electron chi connectivity index (χ3n) is 2.08. The maximum Gasteiger partial charge on any atom is 0.325 e. The first-order chi connectivity index (χ1) is 7.54. The first-order valence-corrected chi connectivity index (χ1v) is 5.21. The van der Waals surface area contributed by atoms with Gasteiger partial charge in [0.2, 0.25) is 0 Å². The molecule has 0 fully saturated rings. The highest BCUT2D eigenvalue weighted by atomic mass is 16.5. The number of carbonyl (C=O) groups is 1. The number of carbonyl (C=O) groups excluding carboxylic acids is 1. The molecule has 0 N–H and O–H groups in total. The van der Waals surface area contributed by atoms with Gasteiger partial charge in [-0.3, -0.25) is 9.78 Å². The minimum Gasteiger partial charge on any atom is -0.465 e. The summed E-state index contributed by atoms with van der Waals surface area (Å²) in [5.41, 5.74) is 1.63. The molecule has 1 heterocycles. The van der Waals surface area contributed by atoms with Crippen LogP contribution in [-0.4, -0.2) is 36.1 Å². The Morgan fingerprint density at radius 3 is 2.81 bits per heavy atom. The molecule has 0 spiro atoms. The highest BCUT2D eigenvalue weighted by Crippen LogP contribution is 2.13. The van der Waals surface area contributed by atoms with Gasteiger partial charge in [-0.15, -0.1) is 0 Å². The zero-order valence-corrected chi connectivity index (χ0v) is 10.1. The van der Waals surface area contributed by atoms with E-state index in [0.717, 1.165) is 11.4 Å². The van der Waals surface area contributed by atoms with Gasteiger partial charge in [-0.05, 0) is 20.8 Å². The molecular formula is C11H17N3O2. The topological polar surface area (TPSA) is 55.3 Å². The predicted molar refractivity (Wildman–Crippen MR) is 61.4 cm³/mol. The van der Waals surface area contributed by atoms with E-state index in [1.165, 1.54) is 0 Å². The summed E-state index contributed by atoms with van der Waals surface area (Å²) in [7, 11) is 1.80. The van der Waals surface area contributed by atoms with Gasteiger partial charge in [-0.2, -0.15) is 0 Å². The van der Waals surface area contributed by atoms with Gasteiger partial charge in [-0.1, -0.05) is 0 Å². The zero-order chi connectivity index (χ0) is 12.1. The number of rotatable bonds is 4. The Hall–Kier alpha value is -1.65. The van der Waals surface area contributed by atoms with Crippen LogP contribution in [0.3, 0.4) is 0 Å². The van der Waals surface area contributed by atoms with Gasteiger partial charge in [0, 0.05) is 13.2 Å². The Morgan fingerprint density at radius 1 is 1.50 bits per heavy atom. The van der Waals surface area contributed by atoms with E-state index < -0.39 is 0 Å². The lowest BCUT2D eigenvalue weighted by atomic mass is 10.4. The highest BCUT2D eigenvalue weighted by Gasteiger charge is 2.12. The van der Waals surface area contributed by atoms with Crippen LogP contribution in [0, 0.1) is 13.8 Å². The van der Waals surface area contributed by atoms with Crippen LogP contribution in [0.1, 0.15) is 18.3 Å². The Labute approximate surface area is 95.5 Å². The first-order valence-electron chi connectivity index (χ1n) is 5.21. The Bertz CT molecular complexity index is 379. The van der Waals surface area contributed by atoms with Crippen LogP contribution in [0.25, 0.3) is 0 Å². The highest BCUT2D eigenvalue weighted by molar-refractivity contribution is 5.75. The number of aromatic nitrogens is 2. The largest absolute Gasteiger partial charge is 0.465 e. The van der Waals surface area contributed by atoms with Gasteiger partial charge < -0.3 is 9.64 Å². The standard InChI is InChI=1S/C11H17N3O2/c1-5-16-10(15)7-14(4)11-9(3)12-6-8(2)13-11/h6H,5,7H2,1-4H3. The van der Waals surface area contributed by atoms with Crippen LogP contribution in [0.4, 0.5) is 5.82 Å². The summed E-state index contributed by atoms with van der Waals surface area (Å²) in [5.74, 6) is 0.459. The normalized spacial score (nSPS) is 10.0. The quantitative estimate of drug-likeness (QED) is 0.715. The second-order valence-electron chi connectivity index (χ2n) is 3.58. The Balaban J connectivity index is 2.76. The van der Waals surface area contributed by atoms with Gasteiger partial charge in [0.05, 0.1) is 18.0 Å². The van der Waals surface area contributed by atoms with Gasteiger partial charge in [0.25, 0.3) is 0 Å². The fourth-order valence-electron chi connectivity index (χ4n) is 1.36. The molecule has 16 heavy (non-hydrogen) atoms. The molecule has 5 nitrogen and oxygen atoms in total. The van der Waals surface area contributed by atoms with E-state index in [9.17, 15) is 4.79 Å². The van der Waals surface area contributed by atoms with Gasteiger partial charge in [-0.25, -0.2) is 4.98 Å². The third-order valence-corrected chi connectivity index (χ3v) is 2.08. The minimum atomic E-state index is -0.257. The summed E-state index contributed by atoms with van der Waals surface area (Å²) in [6.07, 6.45) is 1.71. The molecule has 0 amide bonds. The van der Waals surface area contributed by atoms with Crippen molar-refractivity contribution in [2.45, 2.75) is 20.8 Å². The lowest BCUT2D eigenvalue weighted by Crippen LogP contribution is -2.28. The predicted octanol–water partition coefficient (Wildman–Crippen LogP) is 1.09. The average Bonchev–Trinajstić information content (AvgIpc) is 2.21. The molecule has 0 atom stereocenters. The second kappa shape index (κ2) is 5.44. The van der Waals surface area contributed by atoms with Crippen molar-refractivity contribution in [2.24, 2.45) is 0 Å². The van der Waals surface area contributed by atoms with Crippen molar-refractivity contribution in [3.05, 3.63) is 17.6 Å². The van der Waals surface area contributed by atoms with E-state index in [4.69, 9.17) is 4.74 Å². The fourth-order valence-corrected chi connectivity index (χ4v) is 1.36. The summed E-state index contributed by atoms with van der Waals surface area (Å²) >= 11 is 0. The summed E-state index contributed by atoms with van der Waals surface area (Å²) in [5, 5.41) is 0. The van der Waals surface area contributed by atoms with Crippen molar-refractivity contribution in [3.63, 3.8) is 0 Å². The van der Waals surface area contributed by atoms with E-state index in [2.05, 4.69) is 9.97 Å². The van der Waals surface area contributed by atoms with E-state index in [1.54, 1.807) is 25.1 Å². The molecule has 1 aromatic rings. The minimum absolute atomic E-state index is 0.187. The van der Waals surface area contributed by atoms with Crippen LogP contribution in [0.15, 0.2) is 6.20 Å². The van der Waals surface area contributed by atoms with Crippen molar-refractivity contribution in [3.8, 4) is 0 Å². The second-order valence-corrected chi connectivity index (χ2v) is 3.58. The zero-order valence-electron chi connectivity index (χ0n) is 10.1. The molecule has 0 bridgehead atoms. The van der Waals surface area contributed by atoms with Crippen molar-refractivity contribution < 1.29 is 9.53 Å². The SMILES string of the molecule is CCOC(=O)CN(C)c1nc(C)cnc1C. The average molecular weight is 223 g/mol. The molecule has 0 aliphatic rings. The number of hydrogen-bond donors (Lipinski definition) is 0. The maximum atomic E-state index is 11.3. The number of hydrogen-bond acceptors (Lipinski definition) is 5. The van der Waals surface area contributed by atoms with Crippen LogP contribution in [0.5, 0.6) is 0 Å². The van der Waals surface area contributed by atoms with E-state index in [0.29, 0.717) is 12.4 Å². The molecule has 88 valence electrons. The van der Waals surface area contributed by atoms with Crippen LogP contribution in [-0.2, 0) is 9.53 Å². The Kier molecular flexibility index (Phi) is 4.22. The molecule has 0 aliphatic carbocycles. The number of aryl methyl sites for hydroxylation is 2. The van der Waals surface area contributed by atoms with Gasteiger partial charge in [0.1, 0.15) is 6.54 Å². The fraction of sp³-hybridized carbons (Fsp3) is 0.545. The van der Waals surface area contributed by atoms with Gasteiger partial charge in [0.15, 0.2) is 5.82 Å². The summed E-state index contributed by atoms with van der Waals surface area (Å²) in [6.45, 7) is 6.10. The lowest BCUT2D eigenvalue weighted by molar-refractivity contribution is -0.141. The molecule has 0 saturated carbocycles. The van der Waals surface area contributed by atoms with E-state index in [-0.39, 0.29) is 12.5 Å². The van der Waals surface area contributed by atoms with E-state index >= 15 is 0 Å². The summed E-state index contributed by atoms with van der Waals surface area (Å²) in [4.78, 5) is 21.6. The summed E-state index contributed by atoms with van der Waals surface area (Å²) < 4.78 is 4.88. The molecule has 5 heteroatoms. The first kappa shape index (κ1) is 12.4. The van der Waals surface area contributed by atoms with Crippen LogP contribution in [0.2, 0.25) is 0 Å². The number of anilines is 1. The molecule has 0 radical (unpaired) electrons. The maximum absolute atomic E-state index is 11.3. The Morgan fingerprint density at radius 2 is 2.19 bits per heavy atom. The lowest BCUT2D eigenvalue weighted by Gasteiger charge is -2.18. The molecule has 0 saturated heterocycles. The monoisotopic (exact) mass is 223 g/mol. The number of esters is 1. The molecule has 0 aromatic carbocycles. The van der Waals surface area contributed by atoms with Crippen molar-refractivity contribution >= 4 is 11.8 Å². The number of nitrogens with zero attached hydrogens (tertiary/aromatic N) is 3.